The molecule has 0 saturated heterocycles. The summed E-state index contributed by atoms with van der Waals surface area (Å²) < 4.78 is 4.92. The lowest BCUT2D eigenvalue weighted by atomic mass is 9.84. The number of rotatable bonds is 4. The number of hydrogen-bond acceptors (Lipinski definition) is 3. The average molecular weight is 200 g/mol. The van der Waals surface area contributed by atoms with Crippen LogP contribution < -0.4 is 0 Å². The molecule has 1 fully saturated rings. The first kappa shape index (κ1) is 11.5. The van der Waals surface area contributed by atoms with Crippen LogP contribution in [0, 0.1) is 5.92 Å². The molecule has 0 spiro atoms. The Morgan fingerprint density at radius 2 is 2.00 bits per heavy atom. The summed E-state index contributed by atoms with van der Waals surface area (Å²) in [6.45, 7) is 3.95. The fraction of sp³-hybridized carbons (Fsp3) is 0.909. The Morgan fingerprint density at radius 1 is 1.43 bits per heavy atom. The second-order valence-electron chi connectivity index (χ2n) is 3.98. The maximum atomic E-state index is 11.6. The molecule has 0 aromatic rings. The van der Waals surface area contributed by atoms with E-state index >= 15 is 0 Å². The molecule has 1 atom stereocenters. The maximum absolute atomic E-state index is 11.6. The van der Waals surface area contributed by atoms with Gasteiger partial charge in [0, 0.05) is 0 Å². The topological polar surface area (TPSA) is 46.5 Å². The lowest BCUT2D eigenvalue weighted by Crippen LogP contribution is -2.45. The molecule has 1 N–H and O–H groups in total. The lowest BCUT2D eigenvalue weighted by molar-refractivity contribution is -0.171. The zero-order chi connectivity index (χ0) is 10.6. The van der Waals surface area contributed by atoms with Crippen LogP contribution in [0.5, 0.6) is 0 Å². The Bertz CT molecular complexity index is 197. The van der Waals surface area contributed by atoms with Gasteiger partial charge in [0.25, 0.3) is 0 Å². The summed E-state index contributed by atoms with van der Waals surface area (Å²) in [5, 5.41) is 10.2. The summed E-state index contributed by atoms with van der Waals surface area (Å²) in [6.07, 6.45) is 4.58. The third-order valence-electron chi connectivity index (χ3n) is 3.20. The largest absolute Gasteiger partial charge is 0.464 e. The third kappa shape index (κ3) is 2.08. The molecule has 3 heteroatoms. The Labute approximate surface area is 85.5 Å². The van der Waals surface area contributed by atoms with Crippen LogP contribution in [0.15, 0.2) is 0 Å². The number of carbonyl (C=O) groups is 1. The zero-order valence-corrected chi connectivity index (χ0v) is 9.08. The molecule has 0 heterocycles. The molecule has 0 bridgehead atoms. The number of aliphatic hydroxyl groups is 1. The SMILES string of the molecule is CCOC(=O)C(O)(CC)C1CCCC1. The van der Waals surface area contributed by atoms with E-state index in [2.05, 4.69) is 0 Å². The first-order valence-corrected chi connectivity index (χ1v) is 5.54. The van der Waals surface area contributed by atoms with E-state index in [9.17, 15) is 9.90 Å². The highest BCUT2D eigenvalue weighted by Crippen LogP contribution is 2.36. The predicted molar refractivity (Wildman–Crippen MR) is 53.8 cm³/mol. The molecule has 0 aromatic heterocycles. The van der Waals surface area contributed by atoms with E-state index in [0.717, 1.165) is 25.7 Å². The van der Waals surface area contributed by atoms with Crippen LogP contribution in [0.3, 0.4) is 0 Å². The van der Waals surface area contributed by atoms with Gasteiger partial charge in [0.1, 0.15) is 0 Å². The van der Waals surface area contributed by atoms with E-state index in [-0.39, 0.29) is 5.92 Å². The Kier molecular flexibility index (Phi) is 3.93. The molecule has 3 nitrogen and oxygen atoms in total. The van der Waals surface area contributed by atoms with Gasteiger partial charge in [-0.3, -0.25) is 0 Å². The number of ether oxygens (including phenoxy) is 1. The second kappa shape index (κ2) is 4.78. The molecule has 0 radical (unpaired) electrons. The van der Waals surface area contributed by atoms with Crippen LogP contribution >= 0.6 is 0 Å². The molecule has 14 heavy (non-hydrogen) atoms. The fourth-order valence-electron chi connectivity index (χ4n) is 2.26. The number of hydrogen-bond donors (Lipinski definition) is 1. The first-order chi connectivity index (χ1) is 6.65. The van der Waals surface area contributed by atoms with Crippen molar-refractivity contribution in [2.45, 2.75) is 51.6 Å². The van der Waals surface area contributed by atoms with Crippen LogP contribution in [-0.2, 0) is 9.53 Å². The minimum atomic E-state index is -1.23. The van der Waals surface area contributed by atoms with Gasteiger partial charge in [0.15, 0.2) is 5.60 Å². The van der Waals surface area contributed by atoms with Gasteiger partial charge in [0.2, 0.25) is 0 Å². The van der Waals surface area contributed by atoms with E-state index in [4.69, 9.17) is 4.74 Å². The standard InChI is InChI=1S/C11H20O3/c1-3-11(13,10(12)14-4-2)9-7-5-6-8-9/h9,13H,3-8H2,1-2H3. The molecule has 1 aliphatic carbocycles. The molecule has 0 aromatic carbocycles. The van der Waals surface area contributed by atoms with Gasteiger partial charge in [-0.15, -0.1) is 0 Å². The van der Waals surface area contributed by atoms with Crippen molar-refractivity contribution in [2.75, 3.05) is 6.61 Å². The van der Waals surface area contributed by atoms with Gasteiger partial charge in [-0.1, -0.05) is 19.8 Å². The summed E-state index contributed by atoms with van der Waals surface area (Å²) in [5.74, 6) is -0.332. The molecule has 82 valence electrons. The van der Waals surface area contributed by atoms with Gasteiger partial charge < -0.3 is 9.84 Å². The minimum Gasteiger partial charge on any atom is -0.464 e. The highest BCUT2D eigenvalue weighted by atomic mass is 16.5. The van der Waals surface area contributed by atoms with Crippen LogP contribution in [0.4, 0.5) is 0 Å². The van der Waals surface area contributed by atoms with Gasteiger partial charge in [-0.2, -0.15) is 0 Å². The quantitative estimate of drug-likeness (QED) is 0.705. The van der Waals surface area contributed by atoms with Crippen molar-refractivity contribution in [3.05, 3.63) is 0 Å². The highest BCUT2D eigenvalue weighted by molar-refractivity contribution is 5.79. The van der Waals surface area contributed by atoms with Crippen molar-refractivity contribution in [3.8, 4) is 0 Å². The summed E-state index contributed by atoms with van der Waals surface area (Å²) in [5.41, 5.74) is -1.23. The minimum absolute atomic E-state index is 0.103. The molecule has 1 unspecified atom stereocenters. The van der Waals surface area contributed by atoms with Crippen molar-refractivity contribution < 1.29 is 14.6 Å². The number of carbonyl (C=O) groups excluding carboxylic acids is 1. The third-order valence-corrected chi connectivity index (χ3v) is 3.20. The van der Waals surface area contributed by atoms with Crippen LogP contribution in [0.1, 0.15) is 46.0 Å². The van der Waals surface area contributed by atoms with Crippen molar-refractivity contribution in [1.29, 1.82) is 0 Å². The van der Waals surface area contributed by atoms with Crippen LogP contribution in [0.2, 0.25) is 0 Å². The lowest BCUT2D eigenvalue weighted by Gasteiger charge is -2.30. The van der Waals surface area contributed by atoms with E-state index in [0.29, 0.717) is 13.0 Å². The van der Waals surface area contributed by atoms with E-state index < -0.39 is 11.6 Å². The summed E-state index contributed by atoms with van der Waals surface area (Å²) in [6, 6.07) is 0. The van der Waals surface area contributed by atoms with Crippen LogP contribution in [-0.4, -0.2) is 23.3 Å². The van der Waals surface area contributed by atoms with Gasteiger partial charge >= 0.3 is 5.97 Å². The molecule has 1 saturated carbocycles. The smallest absolute Gasteiger partial charge is 0.338 e. The molecular formula is C11H20O3. The van der Waals surface area contributed by atoms with Gasteiger partial charge in [-0.05, 0) is 32.1 Å². The highest BCUT2D eigenvalue weighted by Gasteiger charge is 2.44. The van der Waals surface area contributed by atoms with Gasteiger partial charge in [-0.25, -0.2) is 4.79 Å². The summed E-state index contributed by atoms with van der Waals surface area (Å²) in [4.78, 5) is 11.6. The zero-order valence-electron chi connectivity index (χ0n) is 9.08. The fourth-order valence-corrected chi connectivity index (χ4v) is 2.26. The number of esters is 1. The molecular weight excluding hydrogens is 180 g/mol. The van der Waals surface area contributed by atoms with E-state index in [1.165, 1.54) is 0 Å². The second-order valence-corrected chi connectivity index (χ2v) is 3.98. The van der Waals surface area contributed by atoms with Crippen molar-refractivity contribution >= 4 is 5.97 Å². The van der Waals surface area contributed by atoms with Crippen LogP contribution in [0.25, 0.3) is 0 Å². The molecule has 0 aliphatic heterocycles. The summed E-state index contributed by atoms with van der Waals surface area (Å²) in [7, 11) is 0. The Hall–Kier alpha value is -0.570. The summed E-state index contributed by atoms with van der Waals surface area (Å²) >= 11 is 0. The normalized spacial score (nSPS) is 21.9. The van der Waals surface area contributed by atoms with E-state index in [1.54, 1.807) is 6.92 Å². The predicted octanol–water partition coefficient (Wildman–Crippen LogP) is 1.88. The maximum Gasteiger partial charge on any atom is 0.338 e. The van der Waals surface area contributed by atoms with E-state index in [1.807, 2.05) is 6.92 Å². The van der Waals surface area contributed by atoms with Crippen molar-refractivity contribution in [2.24, 2.45) is 5.92 Å². The monoisotopic (exact) mass is 200 g/mol. The average Bonchev–Trinajstić information content (AvgIpc) is 2.70. The van der Waals surface area contributed by atoms with Gasteiger partial charge in [0.05, 0.1) is 6.61 Å². The van der Waals surface area contributed by atoms with Crippen molar-refractivity contribution in [3.63, 3.8) is 0 Å². The Morgan fingerprint density at radius 3 is 2.43 bits per heavy atom. The first-order valence-electron chi connectivity index (χ1n) is 5.54. The van der Waals surface area contributed by atoms with Crippen molar-refractivity contribution in [1.82, 2.24) is 0 Å². The molecule has 0 amide bonds. The Balaban J connectivity index is 2.68. The molecule has 1 aliphatic rings. The molecule has 1 rings (SSSR count).